The molecule has 0 saturated carbocycles. The van der Waals surface area contributed by atoms with E-state index in [0.29, 0.717) is 18.7 Å². The topological polar surface area (TPSA) is 71.2 Å². The van der Waals surface area contributed by atoms with Gasteiger partial charge in [0.2, 0.25) is 5.91 Å². The zero-order valence-corrected chi connectivity index (χ0v) is 9.92. The number of rotatable bonds is 5. The van der Waals surface area contributed by atoms with Crippen LogP contribution in [0.25, 0.3) is 0 Å². The van der Waals surface area contributed by atoms with Gasteiger partial charge in [-0.1, -0.05) is 12.1 Å². The molecule has 0 aliphatic rings. The van der Waals surface area contributed by atoms with Crippen LogP contribution in [0, 0.1) is 0 Å². The Morgan fingerprint density at radius 1 is 1.62 bits per heavy atom. The van der Waals surface area contributed by atoms with Gasteiger partial charge in [-0.2, -0.15) is 0 Å². The fourth-order valence-corrected chi connectivity index (χ4v) is 1.19. The normalized spacial score (nSPS) is 12.5. The van der Waals surface area contributed by atoms with Gasteiger partial charge in [-0.05, 0) is 13.3 Å². The number of carbonyl (C=O) groups excluding carboxylic acids is 1. The highest BCUT2D eigenvalue weighted by Crippen LogP contribution is 2.11. The maximum atomic E-state index is 11.6. The van der Waals surface area contributed by atoms with E-state index in [1.54, 1.807) is 18.1 Å². The second kappa shape index (κ2) is 5.60. The number of likely N-dealkylation sites (N-methyl/N-ethyl adjacent to an activating group) is 1. The van der Waals surface area contributed by atoms with Gasteiger partial charge in [-0.15, -0.1) is 5.10 Å². The Bertz CT molecular complexity index is 350. The van der Waals surface area contributed by atoms with E-state index in [4.69, 9.17) is 0 Å². The average molecular weight is 226 g/mol. The molecule has 0 bridgehead atoms. The summed E-state index contributed by atoms with van der Waals surface area (Å²) in [6, 6.07) is 0. The van der Waals surface area contributed by atoms with Crippen LogP contribution in [0.4, 0.5) is 0 Å². The molecule has 0 aliphatic heterocycles. The minimum Gasteiger partial charge on any atom is -0.387 e. The van der Waals surface area contributed by atoms with Crippen LogP contribution in [-0.4, -0.2) is 44.5 Å². The van der Waals surface area contributed by atoms with Crippen molar-refractivity contribution in [1.82, 2.24) is 19.9 Å². The highest BCUT2D eigenvalue weighted by atomic mass is 16.3. The molecular weight excluding hydrogens is 208 g/mol. The van der Waals surface area contributed by atoms with Crippen molar-refractivity contribution in [3.63, 3.8) is 0 Å². The van der Waals surface area contributed by atoms with Crippen molar-refractivity contribution < 1.29 is 9.90 Å². The smallest absolute Gasteiger partial charge is 0.244 e. The van der Waals surface area contributed by atoms with Crippen molar-refractivity contribution >= 4 is 5.91 Å². The summed E-state index contributed by atoms with van der Waals surface area (Å²) in [5.74, 6) is -0.0232. The molecule has 0 aliphatic carbocycles. The van der Waals surface area contributed by atoms with Crippen molar-refractivity contribution in [2.45, 2.75) is 32.9 Å². The molecule has 1 N–H and O–H groups in total. The van der Waals surface area contributed by atoms with Gasteiger partial charge in [0.25, 0.3) is 0 Å². The number of hydrogen-bond acceptors (Lipinski definition) is 4. The molecular formula is C10H18N4O2. The number of carbonyl (C=O) groups is 1. The van der Waals surface area contributed by atoms with E-state index in [0.717, 1.165) is 0 Å². The van der Waals surface area contributed by atoms with Crippen LogP contribution in [0.1, 0.15) is 32.1 Å². The molecule has 0 saturated heterocycles. The summed E-state index contributed by atoms with van der Waals surface area (Å²) in [5, 5.41) is 17.1. The number of aliphatic hydroxyl groups excluding tert-OH is 1. The Morgan fingerprint density at radius 2 is 2.31 bits per heavy atom. The minimum absolute atomic E-state index is 0.0232. The lowest BCUT2D eigenvalue weighted by atomic mass is 10.2. The number of nitrogens with zero attached hydrogens (tertiary/aromatic N) is 4. The monoisotopic (exact) mass is 226 g/mol. The summed E-state index contributed by atoms with van der Waals surface area (Å²) in [5.41, 5.74) is 0.509. The molecule has 0 aromatic carbocycles. The van der Waals surface area contributed by atoms with Crippen molar-refractivity contribution in [3.8, 4) is 0 Å². The molecule has 90 valence electrons. The Morgan fingerprint density at radius 3 is 2.88 bits per heavy atom. The first-order chi connectivity index (χ1) is 7.58. The van der Waals surface area contributed by atoms with Crippen LogP contribution >= 0.6 is 0 Å². The number of amides is 1. The predicted octanol–water partition coefficient (Wildman–Crippen LogP) is 0.200. The van der Waals surface area contributed by atoms with E-state index in [-0.39, 0.29) is 12.5 Å². The van der Waals surface area contributed by atoms with Crippen LogP contribution in [0.15, 0.2) is 6.20 Å². The van der Waals surface area contributed by atoms with Crippen molar-refractivity contribution in [2.75, 3.05) is 13.6 Å². The molecule has 6 heteroatoms. The maximum Gasteiger partial charge on any atom is 0.244 e. The number of aliphatic hydroxyl groups is 1. The van der Waals surface area contributed by atoms with Crippen LogP contribution in [0.5, 0.6) is 0 Å². The third kappa shape index (κ3) is 3.03. The molecule has 1 heterocycles. The van der Waals surface area contributed by atoms with Gasteiger partial charge in [0.15, 0.2) is 0 Å². The van der Waals surface area contributed by atoms with Crippen LogP contribution in [-0.2, 0) is 11.3 Å². The van der Waals surface area contributed by atoms with Gasteiger partial charge >= 0.3 is 0 Å². The molecule has 0 spiro atoms. The lowest BCUT2D eigenvalue weighted by molar-refractivity contribution is -0.130. The third-order valence-corrected chi connectivity index (χ3v) is 2.48. The predicted molar refractivity (Wildman–Crippen MR) is 58.6 cm³/mol. The van der Waals surface area contributed by atoms with Gasteiger partial charge in [0.1, 0.15) is 12.2 Å². The Balaban J connectivity index is 2.62. The van der Waals surface area contributed by atoms with Gasteiger partial charge in [-0.25, -0.2) is 4.68 Å². The van der Waals surface area contributed by atoms with E-state index in [1.807, 2.05) is 13.8 Å². The highest BCUT2D eigenvalue weighted by molar-refractivity contribution is 5.75. The summed E-state index contributed by atoms with van der Waals surface area (Å²) in [6.45, 7) is 4.59. The van der Waals surface area contributed by atoms with Crippen LogP contribution in [0.3, 0.4) is 0 Å². The SMILES string of the molecule is CCC(O)c1cn(CC(=O)N(C)CC)nn1. The molecule has 1 unspecified atom stereocenters. The molecule has 1 amide bonds. The Kier molecular flexibility index (Phi) is 4.42. The summed E-state index contributed by atoms with van der Waals surface area (Å²) in [7, 11) is 1.74. The zero-order valence-electron chi connectivity index (χ0n) is 9.92. The summed E-state index contributed by atoms with van der Waals surface area (Å²) < 4.78 is 1.45. The van der Waals surface area contributed by atoms with Crippen molar-refractivity contribution in [1.29, 1.82) is 0 Å². The maximum absolute atomic E-state index is 11.6. The van der Waals surface area contributed by atoms with Crippen LogP contribution in [0.2, 0.25) is 0 Å². The molecule has 1 atom stereocenters. The molecule has 1 aromatic rings. The largest absolute Gasteiger partial charge is 0.387 e. The molecule has 1 aromatic heterocycles. The van der Waals surface area contributed by atoms with E-state index in [9.17, 15) is 9.90 Å². The number of aromatic nitrogens is 3. The highest BCUT2D eigenvalue weighted by Gasteiger charge is 2.12. The second-order valence-corrected chi connectivity index (χ2v) is 3.67. The molecule has 6 nitrogen and oxygen atoms in total. The van der Waals surface area contributed by atoms with Gasteiger partial charge in [-0.3, -0.25) is 4.79 Å². The fourth-order valence-electron chi connectivity index (χ4n) is 1.19. The average Bonchev–Trinajstić information content (AvgIpc) is 2.75. The van der Waals surface area contributed by atoms with E-state index < -0.39 is 6.10 Å². The molecule has 1 rings (SSSR count). The third-order valence-electron chi connectivity index (χ3n) is 2.48. The number of hydrogen-bond donors (Lipinski definition) is 1. The van der Waals surface area contributed by atoms with Crippen molar-refractivity contribution in [2.24, 2.45) is 0 Å². The van der Waals surface area contributed by atoms with E-state index >= 15 is 0 Å². The fraction of sp³-hybridized carbons (Fsp3) is 0.700. The Labute approximate surface area is 94.9 Å². The first kappa shape index (κ1) is 12.6. The lowest BCUT2D eigenvalue weighted by Crippen LogP contribution is -2.30. The zero-order chi connectivity index (χ0) is 12.1. The molecule has 0 fully saturated rings. The first-order valence-electron chi connectivity index (χ1n) is 5.40. The minimum atomic E-state index is -0.604. The lowest BCUT2D eigenvalue weighted by Gasteiger charge is -2.13. The van der Waals surface area contributed by atoms with Crippen molar-refractivity contribution in [3.05, 3.63) is 11.9 Å². The van der Waals surface area contributed by atoms with Gasteiger partial charge < -0.3 is 10.0 Å². The molecule has 0 radical (unpaired) electrons. The second-order valence-electron chi connectivity index (χ2n) is 3.67. The molecule has 16 heavy (non-hydrogen) atoms. The van der Waals surface area contributed by atoms with E-state index in [2.05, 4.69) is 10.3 Å². The Hall–Kier alpha value is -1.43. The standard InChI is InChI=1S/C10H18N4O2/c1-4-9(15)8-6-14(12-11-8)7-10(16)13(3)5-2/h6,9,15H,4-5,7H2,1-3H3. The summed E-state index contributed by atoms with van der Waals surface area (Å²) >= 11 is 0. The first-order valence-corrected chi connectivity index (χ1v) is 5.40. The van der Waals surface area contributed by atoms with Crippen LogP contribution < -0.4 is 0 Å². The quantitative estimate of drug-likeness (QED) is 0.778. The summed E-state index contributed by atoms with van der Waals surface area (Å²) in [4.78, 5) is 13.2. The van der Waals surface area contributed by atoms with Gasteiger partial charge in [0.05, 0.1) is 12.3 Å². The summed E-state index contributed by atoms with van der Waals surface area (Å²) in [6.07, 6.45) is 1.59. The van der Waals surface area contributed by atoms with Gasteiger partial charge in [0, 0.05) is 13.6 Å². The van der Waals surface area contributed by atoms with E-state index in [1.165, 1.54) is 4.68 Å².